The van der Waals surface area contributed by atoms with Crippen molar-refractivity contribution in [2.24, 2.45) is 25.9 Å². The van der Waals surface area contributed by atoms with E-state index in [-0.39, 0.29) is 53.1 Å². The Bertz CT molecular complexity index is 3500. The fourth-order valence-corrected chi connectivity index (χ4v) is 9.07. The molecule has 2 aliphatic rings. The maximum Gasteiger partial charge on any atom is 0.419 e. The number of hydrogen-bond donors (Lipinski definition) is 4. The maximum atomic E-state index is 14.3. The second-order valence-electron chi connectivity index (χ2n) is 18.6. The standard InChI is InChI=1S/C25H26F2N6O4.C24H25FN6O4/c1-25(27)7-5-14(6-8-25)11-29-23(35)19-10-17(31-21-16(26)13-30-33(19)21)22(34)28-12-15-3-4-20-18(9-15)32(2)24(36)37-20;1-30-18-9-15(7-8-20(18)35-24(30)34)12-26-22(32)17-10-19(31-21(29-17)16(25)13-28-31)23(33)27-11-14-5-3-2-4-6-14/h3-4,9-10,13-14H,5-8,11-12H2,1-2H3,(H,28,34)(H,29,35);7-10,13-14H,2-6,11-12H2,1H3,(H,26,32)(H,27,33). The van der Waals surface area contributed by atoms with Crippen molar-refractivity contribution >= 4 is 57.1 Å². The molecular formula is C49H51F3N12O8. The minimum Gasteiger partial charge on any atom is -0.408 e. The van der Waals surface area contributed by atoms with E-state index < -0.39 is 52.4 Å². The highest BCUT2D eigenvalue weighted by Gasteiger charge is 2.31. The molecule has 6 heterocycles. The van der Waals surface area contributed by atoms with E-state index in [1.165, 1.54) is 27.7 Å². The summed E-state index contributed by atoms with van der Waals surface area (Å²) in [5, 5.41) is 18.9. The smallest absolute Gasteiger partial charge is 0.408 e. The molecule has 4 N–H and O–H groups in total. The number of amides is 4. The molecule has 376 valence electrons. The summed E-state index contributed by atoms with van der Waals surface area (Å²) in [4.78, 5) is 83.2. The number of oxazole rings is 2. The van der Waals surface area contributed by atoms with Crippen LogP contribution >= 0.6 is 0 Å². The van der Waals surface area contributed by atoms with Crippen molar-refractivity contribution in [3.05, 3.63) is 128 Å². The average Bonchev–Trinajstić information content (AvgIpc) is 4.12. The molecule has 2 aliphatic carbocycles. The van der Waals surface area contributed by atoms with E-state index in [4.69, 9.17) is 8.83 Å². The molecule has 6 aromatic heterocycles. The van der Waals surface area contributed by atoms with Gasteiger partial charge in [-0.2, -0.15) is 10.2 Å². The van der Waals surface area contributed by atoms with E-state index in [0.29, 0.717) is 72.5 Å². The van der Waals surface area contributed by atoms with Crippen molar-refractivity contribution in [2.75, 3.05) is 13.1 Å². The van der Waals surface area contributed by atoms with Crippen LogP contribution in [0, 0.1) is 23.5 Å². The lowest BCUT2D eigenvalue weighted by Gasteiger charge is -2.31. The van der Waals surface area contributed by atoms with Crippen LogP contribution in [0.25, 0.3) is 33.5 Å². The molecule has 8 aromatic rings. The third-order valence-corrected chi connectivity index (χ3v) is 13.4. The van der Waals surface area contributed by atoms with Crippen LogP contribution < -0.4 is 32.8 Å². The molecule has 20 nitrogen and oxygen atoms in total. The number of carbonyl (C=O) groups excluding carboxylic acids is 4. The molecule has 0 bridgehead atoms. The summed E-state index contributed by atoms with van der Waals surface area (Å²) in [6, 6.07) is 12.7. The first kappa shape index (κ1) is 48.9. The number of rotatable bonds is 12. The Labute approximate surface area is 407 Å². The molecule has 2 fully saturated rings. The van der Waals surface area contributed by atoms with E-state index in [1.54, 1.807) is 57.4 Å². The predicted octanol–water partition coefficient (Wildman–Crippen LogP) is 5.44. The number of aryl methyl sites for hydroxylation is 2. The van der Waals surface area contributed by atoms with Crippen LogP contribution in [-0.4, -0.2) is 80.7 Å². The SMILES string of the molecule is Cn1c(=O)oc2ccc(CNC(=O)c3cc(C(=O)NCC4CCC(C)(F)CC4)n4ncc(F)c4n3)cc21.Cn1c(=O)oc2ccc(CNC(=O)c3cc(C(=O)NCC4CCCCC4)n4ncc(F)c4n3)cc21. The van der Waals surface area contributed by atoms with Crippen LogP contribution in [0.15, 0.2) is 79.3 Å². The van der Waals surface area contributed by atoms with Crippen molar-refractivity contribution < 1.29 is 41.2 Å². The molecule has 0 aliphatic heterocycles. The van der Waals surface area contributed by atoms with Crippen LogP contribution in [-0.2, 0) is 27.2 Å². The normalized spacial score (nSPS) is 17.2. The van der Waals surface area contributed by atoms with Gasteiger partial charge in [-0.05, 0) is 92.7 Å². The highest BCUT2D eigenvalue weighted by Crippen LogP contribution is 2.34. The van der Waals surface area contributed by atoms with Gasteiger partial charge in [-0.15, -0.1) is 0 Å². The summed E-state index contributed by atoms with van der Waals surface area (Å²) in [6.45, 7) is 2.67. The van der Waals surface area contributed by atoms with Crippen molar-refractivity contribution in [2.45, 2.75) is 83.5 Å². The van der Waals surface area contributed by atoms with Crippen LogP contribution in [0.4, 0.5) is 13.2 Å². The second-order valence-corrected chi connectivity index (χ2v) is 18.6. The summed E-state index contributed by atoms with van der Waals surface area (Å²) >= 11 is 0. The molecule has 23 heteroatoms. The van der Waals surface area contributed by atoms with E-state index in [2.05, 4.69) is 41.4 Å². The Balaban J connectivity index is 0.000000178. The van der Waals surface area contributed by atoms with Gasteiger partial charge in [0.2, 0.25) is 0 Å². The number of benzene rings is 2. The number of halogens is 3. The molecule has 72 heavy (non-hydrogen) atoms. The first-order chi connectivity index (χ1) is 34.5. The maximum absolute atomic E-state index is 14.3. The van der Waals surface area contributed by atoms with Crippen LogP contribution in [0.3, 0.4) is 0 Å². The molecule has 0 unspecified atom stereocenters. The van der Waals surface area contributed by atoms with Gasteiger partial charge in [0.05, 0.1) is 23.4 Å². The minimum atomic E-state index is -1.17. The fraction of sp³-hybridized carbons (Fsp3) is 0.388. The number of fused-ring (bicyclic) bond motifs is 4. The fourth-order valence-electron chi connectivity index (χ4n) is 9.07. The number of nitrogens with one attached hydrogen (secondary N) is 4. The summed E-state index contributed by atoms with van der Waals surface area (Å²) in [7, 11) is 3.17. The average molecular weight is 993 g/mol. The highest BCUT2D eigenvalue weighted by atomic mass is 19.1. The molecule has 10 rings (SSSR count). The first-order valence-corrected chi connectivity index (χ1v) is 23.6. The third-order valence-electron chi connectivity index (χ3n) is 13.4. The third kappa shape index (κ3) is 10.5. The Hall–Kier alpha value is -8.11. The number of aromatic nitrogens is 8. The molecule has 2 saturated carbocycles. The minimum absolute atomic E-state index is 0.0367. The van der Waals surface area contributed by atoms with Crippen molar-refractivity contribution in [3.63, 3.8) is 0 Å². The molecular weight excluding hydrogens is 942 g/mol. The first-order valence-electron chi connectivity index (χ1n) is 23.6. The van der Waals surface area contributed by atoms with Gasteiger partial charge in [-0.1, -0.05) is 31.4 Å². The molecule has 0 spiro atoms. The van der Waals surface area contributed by atoms with Gasteiger partial charge in [0, 0.05) is 52.4 Å². The van der Waals surface area contributed by atoms with Gasteiger partial charge >= 0.3 is 11.5 Å². The monoisotopic (exact) mass is 992 g/mol. The zero-order valence-corrected chi connectivity index (χ0v) is 39.6. The van der Waals surface area contributed by atoms with Crippen molar-refractivity contribution in [1.29, 1.82) is 0 Å². The lowest BCUT2D eigenvalue weighted by Crippen LogP contribution is -2.35. The topological polar surface area (TPSA) is 247 Å². The lowest BCUT2D eigenvalue weighted by molar-refractivity contribution is 0.0884. The van der Waals surface area contributed by atoms with E-state index in [1.807, 2.05) is 0 Å². The summed E-state index contributed by atoms with van der Waals surface area (Å²) < 4.78 is 57.8. The van der Waals surface area contributed by atoms with E-state index in [9.17, 15) is 41.9 Å². The van der Waals surface area contributed by atoms with Gasteiger partial charge in [0.15, 0.2) is 34.1 Å². The van der Waals surface area contributed by atoms with Gasteiger partial charge in [-0.25, -0.2) is 41.8 Å². The molecule has 4 amide bonds. The summed E-state index contributed by atoms with van der Waals surface area (Å²) in [5.41, 5.74) is 1.58. The van der Waals surface area contributed by atoms with Crippen LogP contribution in [0.2, 0.25) is 0 Å². The Morgan fingerprint density at radius 3 is 1.50 bits per heavy atom. The van der Waals surface area contributed by atoms with Gasteiger partial charge in [0.25, 0.3) is 23.6 Å². The molecule has 0 atom stereocenters. The lowest BCUT2D eigenvalue weighted by atomic mass is 9.81. The van der Waals surface area contributed by atoms with Crippen molar-refractivity contribution in [3.8, 4) is 0 Å². The van der Waals surface area contributed by atoms with Gasteiger partial charge in [0.1, 0.15) is 28.4 Å². The number of hydrogen-bond acceptors (Lipinski definition) is 12. The number of nitrogens with zero attached hydrogens (tertiary/aromatic N) is 8. The van der Waals surface area contributed by atoms with Gasteiger partial charge < -0.3 is 30.1 Å². The van der Waals surface area contributed by atoms with Crippen molar-refractivity contribution in [1.82, 2.24) is 59.6 Å². The number of carbonyl (C=O) groups is 4. The van der Waals surface area contributed by atoms with Crippen LogP contribution in [0.5, 0.6) is 0 Å². The van der Waals surface area contributed by atoms with Gasteiger partial charge in [-0.3, -0.25) is 28.3 Å². The molecule has 2 aromatic carbocycles. The summed E-state index contributed by atoms with van der Waals surface area (Å²) in [5.74, 6) is -4.10. The van der Waals surface area contributed by atoms with E-state index in [0.717, 1.165) is 52.7 Å². The number of alkyl halides is 1. The summed E-state index contributed by atoms with van der Waals surface area (Å²) in [6.07, 6.45) is 9.72. The quantitative estimate of drug-likeness (QED) is 0.119. The molecule has 0 saturated heterocycles. The van der Waals surface area contributed by atoms with E-state index >= 15 is 0 Å². The Kier molecular flexibility index (Phi) is 13.8. The molecule has 0 radical (unpaired) electrons. The predicted molar refractivity (Wildman–Crippen MR) is 254 cm³/mol. The Morgan fingerprint density at radius 1 is 0.625 bits per heavy atom. The van der Waals surface area contributed by atoms with Crippen LogP contribution in [0.1, 0.15) is 118 Å². The Morgan fingerprint density at radius 2 is 1.06 bits per heavy atom. The largest absolute Gasteiger partial charge is 0.419 e. The zero-order chi connectivity index (χ0) is 50.8. The highest BCUT2D eigenvalue weighted by molar-refractivity contribution is 5.99. The second kappa shape index (κ2) is 20.3. The zero-order valence-electron chi connectivity index (χ0n) is 39.6.